The van der Waals surface area contributed by atoms with Gasteiger partial charge in [0, 0.05) is 6.04 Å². The van der Waals surface area contributed by atoms with E-state index in [-0.39, 0.29) is 5.82 Å². The van der Waals surface area contributed by atoms with Crippen LogP contribution in [0.1, 0.15) is 35.6 Å². The van der Waals surface area contributed by atoms with Crippen LogP contribution in [-0.2, 0) is 6.42 Å². The molecule has 3 rings (SSSR count). The highest BCUT2D eigenvalue weighted by Gasteiger charge is 2.23. The van der Waals surface area contributed by atoms with Gasteiger partial charge < -0.3 is 0 Å². The molecule has 0 aromatic heterocycles. The van der Waals surface area contributed by atoms with Gasteiger partial charge in [-0.3, -0.25) is 4.90 Å². The van der Waals surface area contributed by atoms with Gasteiger partial charge in [0.2, 0.25) is 0 Å². The zero-order valence-electron chi connectivity index (χ0n) is 12.6. The summed E-state index contributed by atoms with van der Waals surface area (Å²) in [5.41, 5.74) is 3.88. The van der Waals surface area contributed by atoms with E-state index in [1.165, 1.54) is 42.6 Å². The molecule has 0 bridgehead atoms. The molecule has 1 aliphatic rings. The lowest BCUT2D eigenvalue weighted by atomic mass is 9.96. The van der Waals surface area contributed by atoms with Crippen LogP contribution < -0.4 is 0 Å². The van der Waals surface area contributed by atoms with Crippen LogP contribution >= 0.6 is 0 Å². The van der Waals surface area contributed by atoms with Gasteiger partial charge in [0.15, 0.2) is 0 Å². The van der Waals surface area contributed by atoms with E-state index in [1.807, 2.05) is 12.1 Å². The molecule has 0 saturated carbocycles. The second-order valence-corrected chi connectivity index (χ2v) is 6.00. The maximum Gasteiger partial charge on any atom is 0.123 e. The average Bonchev–Trinajstić information content (AvgIpc) is 3.00. The smallest absolute Gasteiger partial charge is 0.123 e. The van der Waals surface area contributed by atoms with Crippen LogP contribution in [0.15, 0.2) is 48.5 Å². The molecule has 1 atom stereocenters. The van der Waals surface area contributed by atoms with Gasteiger partial charge in [-0.1, -0.05) is 42.0 Å². The van der Waals surface area contributed by atoms with Crippen molar-refractivity contribution in [3.8, 4) is 0 Å². The molecule has 1 nitrogen and oxygen atoms in total. The molecule has 0 N–H and O–H groups in total. The van der Waals surface area contributed by atoms with Crippen molar-refractivity contribution in [3.63, 3.8) is 0 Å². The first-order chi connectivity index (χ1) is 10.2. The predicted octanol–water partition coefficient (Wildman–Crippen LogP) is 4.51. The first-order valence-electron chi connectivity index (χ1n) is 7.77. The fraction of sp³-hybridized carbons (Fsp3) is 0.368. The van der Waals surface area contributed by atoms with E-state index in [1.54, 1.807) is 12.1 Å². The monoisotopic (exact) mass is 283 g/mol. The Morgan fingerprint density at radius 2 is 1.76 bits per heavy atom. The molecule has 110 valence electrons. The van der Waals surface area contributed by atoms with E-state index in [9.17, 15) is 4.39 Å². The van der Waals surface area contributed by atoms with Crippen molar-refractivity contribution >= 4 is 0 Å². The molecular weight excluding hydrogens is 261 g/mol. The lowest BCUT2D eigenvalue weighted by Crippen LogP contribution is -2.27. The highest BCUT2D eigenvalue weighted by atomic mass is 19.1. The Bertz CT molecular complexity index is 585. The summed E-state index contributed by atoms with van der Waals surface area (Å²) in [5.74, 6) is -0.160. The van der Waals surface area contributed by atoms with Crippen molar-refractivity contribution in [2.24, 2.45) is 0 Å². The first kappa shape index (κ1) is 14.3. The number of halogens is 1. The van der Waals surface area contributed by atoms with E-state index in [2.05, 4.69) is 36.1 Å². The van der Waals surface area contributed by atoms with Crippen molar-refractivity contribution in [3.05, 3.63) is 71.0 Å². The Balaban J connectivity index is 1.86. The SMILES string of the molecule is Cc1cccc(C(Cc2ccc(F)cc2)N2CCCC2)c1. The minimum atomic E-state index is -0.160. The molecule has 1 unspecified atom stereocenters. The van der Waals surface area contributed by atoms with Crippen LogP contribution in [0.25, 0.3) is 0 Å². The predicted molar refractivity (Wildman–Crippen MR) is 84.8 cm³/mol. The molecule has 21 heavy (non-hydrogen) atoms. The quantitative estimate of drug-likeness (QED) is 0.797. The number of likely N-dealkylation sites (tertiary alicyclic amines) is 1. The van der Waals surface area contributed by atoms with Crippen molar-refractivity contribution < 1.29 is 4.39 Å². The Morgan fingerprint density at radius 1 is 1.05 bits per heavy atom. The van der Waals surface area contributed by atoms with Crippen LogP contribution in [0.5, 0.6) is 0 Å². The highest BCUT2D eigenvalue weighted by molar-refractivity contribution is 5.28. The summed E-state index contributed by atoms with van der Waals surface area (Å²) < 4.78 is 13.1. The Morgan fingerprint density at radius 3 is 2.43 bits per heavy atom. The lowest BCUT2D eigenvalue weighted by molar-refractivity contribution is 0.244. The minimum Gasteiger partial charge on any atom is -0.296 e. The van der Waals surface area contributed by atoms with E-state index in [0.717, 1.165) is 6.42 Å². The Hall–Kier alpha value is -1.67. The number of aryl methyl sites for hydroxylation is 1. The number of benzene rings is 2. The van der Waals surface area contributed by atoms with Gasteiger partial charge >= 0.3 is 0 Å². The van der Waals surface area contributed by atoms with E-state index >= 15 is 0 Å². The number of rotatable bonds is 4. The summed E-state index contributed by atoms with van der Waals surface area (Å²) in [5, 5.41) is 0. The van der Waals surface area contributed by atoms with E-state index < -0.39 is 0 Å². The molecule has 0 radical (unpaired) electrons. The molecule has 1 fully saturated rings. The van der Waals surface area contributed by atoms with Gasteiger partial charge in [0.05, 0.1) is 0 Å². The molecule has 0 amide bonds. The van der Waals surface area contributed by atoms with E-state index in [4.69, 9.17) is 0 Å². The van der Waals surface area contributed by atoms with Crippen molar-refractivity contribution in [2.45, 2.75) is 32.2 Å². The fourth-order valence-corrected chi connectivity index (χ4v) is 3.23. The summed E-state index contributed by atoms with van der Waals surface area (Å²) in [4.78, 5) is 2.57. The van der Waals surface area contributed by atoms with Crippen LogP contribution in [0, 0.1) is 12.7 Å². The summed E-state index contributed by atoms with van der Waals surface area (Å²) in [6, 6.07) is 16.1. The Kier molecular flexibility index (Phi) is 4.35. The van der Waals surface area contributed by atoms with Gasteiger partial charge in [0.1, 0.15) is 5.82 Å². The zero-order chi connectivity index (χ0) is 14.7. The summed E-state index contributed by atoms with van der Waals surface area (Å²) in [6.07, 6.45) is 3.52. The normalized spacial score (nSPS) is 17.0. The molecule has 2 heteroatoms. The second-order valence-electron chi connectivity index (χ2n) is 6.00. The van der Waals surface area contributed by atoms with Crippen molar-refractivity contribution in [2.75, 3.05) is 13.1 Å². The molecule has 0 aliphatic carbocycles. The number of hydrogen-bond donors (Lipinski definition) is 0. The third-order valence-electron chi connectivity index (χ3n) is 4.35. The standard InChI is InChI=1S/C19H22FN/c1-15-5-4-6-17(13-15)19(21-11-2-3-12-21)14-16-7-9-18(20)10-8-16/h4-10,13,19H,2-3,11-12,14H2,1H3. The molecular formula is C19H22FN. The third-order valence-corrected chi connectivity index (χ3v) is 4.35. The lowest BCUT2D eigenvalue weighted by Gasteiger charge is -2.28. The van der Waals surface area contributed by atoms with Gasteiger partial charge in [-0.05, 0) is 62.5 Å². The summed E-state index contributed by atoms with van der Waals surface area (Å²) in [6.45, 7) is 4.47. The van der Waals surface area contributed by atoms with E-state index in [0.29, 0.717) is 6.04 Å². The number of nitrogens with zero attached hydrogens (tertiary/aromatic N) is 1. The zero-order valence-corrected chi connectivity index (χ0v) is 12.6. The van der Waals surface area contributed by atoms with Crippen LogP contribution in [0.3, 0.4) is 0 Å². The topological polar surface area (TPSA) is 3.24 Å². The average molecular weight is 283 g/mol. The maximum atomic E-state index is 13.1. The van der Waals surface area contributed by atoms with Gasteiger partial charge in [-0.2, -0.15) is 0 Å². The minimum absolute atomic E-state index is 0.160. The largest absolute Gasteiger partial charge is 0.296 e. The van der Waals surface area contributed by atoms with Crippen LogP contribution in [-0.4, -0.2) is 18.0 Å². The molecule has 2 aromatic carbocycles. The molecule has 0 spiro atoms. The maximum absolute atomic E-state index is 13.1. The number of hydrogen-bond acceptors (Lipinski definition) is 1. The summed E-state index contributed by atoms with van der Waals surface area (Å²) in [7, 11) is 0. The molecule has 1 heterocycles. The van der Waals surface area contributed by atoms with Gasteiger partial charge in [0.25, 0.3) is 0 Å². The van der Waals surface area contributed by atoms with Crippen LogP contribution in [0.2, 0.25) is 0 Å². The fourth-order valence-electron chi connectivity index (χ4n) is 3.23. The second kappa shape index (κ2) is 6.40. The van der Waals surface area contributed by atoms with Crippen molar-refractivity contribution in [1.29, 1.82) is 0 Å². The van der Waals surface area contributed by atoms with Gasteiger partial charge in [-0.25, -0.2) is 4.39 Å². The van der Waals surface area contributed by atoms with Crippen LogP contribution in [0.4, 0.5) is 4.39 Å². The Labute approximate surface area is 126 Å². The molecule has 2 aromatic rings. The molecule has 1 aliphatic heterocycles. The first-order valence-corrected chi connectivity index (χ1v) is 7.77. The van der Waals surface area contributed by atoms with Gasteiger partial charge in [-0.15, -0.1) is 0 Å². The highest BCUT2D eigenvalue weighted by Crippen LogP contribution is 2.29. The third kappa shape index (κ3) is 3.51. The summed E-state index contributed by atoms with van der Waals surface area (Å²) >= 11 is 0. The van der Waals surface area contributed by atoms with Crippen molar-refractivity contribution in [1.82, 2.24) is 4.90 Å². The molecule has 1 saturated heterocycles.